The van der Waals surface area contributed by atoms with Crippen LogP contribution < -0.4 is 14.4 Å². The van der Waals surface area contributed by atoms with E-state index in [2.05, 4.69) is 14.7 Å². The summed E-state index contributed by atoms with van der Waals surface area (Å²) in [4.78, 5) is 22.1. The molecule has 0 fully saturated rings. The van der Waals surface area contributed by atoms with Crippen LogP contribution in [0.4, 0.5) is 5.82 Å². The van der Waals surface area contributed by atoms with Gasteiger partial charge in [0, 0.05) is 48.1 Å². The Morgan fingerprint density at radius 3 is 2.73 bits per heavy atom. The van der Waals surface area contributed by atoms with E-state index >= 15 is 0 Å². The molecular weight excluding hydrogens is 424 g/mol. The van der Waals surface area contributed by atoms with Crippen molar-refractivity contribution >= 4 is 45.2 Å². The third-order valence-electron chi connectivity index (χ3n) is 4.69. The Morgan fingerprint density at radius 2 is 2.07 bits per heavy atom. The maximum Gasteiger partial charge on any atom is 0.265 e. The van der Waals surface area contributed by atoms with Crippen LogP contribution in [0.3, 0.4) is 0 Å². The van der Waals surface area contributed by atoms with Gasteiger partial charge in [-0.1, -0.05) is 24.9 Å². The topological polar surface area (TPSA) is 87.3 Å². The lowest BCUT2D eigenvalue weighted by Crippen LogP contribution is -2.27. The van der Waals surface area contributed by atoms with Gasteiger partial charge in [-0.15, -0.1) is 0 Å². The summed E-state index contributed by atoms with van der Waals surface area (Å²) < 4.78 is 20.1. The standard InChI is InChI=1S/C21H25ClN4O3S/c1-5-6-9-30(28)25-20(27)16-12-23-18-11-17(22)14(10-15(16)18)13-7-8-19(26(2)3)24-21(13)29-4/h7-8,10-12,23H,5-6,9H2,1-4H3,(H,25,27). The van der Waals surface area contributed by atoms with Crippen molar-refractivity contribution in [3.8, 4) is 17.0 Å². The molecule has 1 amide bonds. The molecule has 2 aromatic heterocycles. The predicted molar refractivity (Wildman–Crippen MR) is 123 cm³/mol. The summed E-state index contributed by atoms with van der Waals surface area (Å²) in [6, 6.07) is 7.35. The van der Waals surface area contributed by atoms with Crippen molar-refractivity contribution in [1.82, 2.24) is 14.7 Å². The summed E-state index contributed by atoms with van der Waals surface area (Å²) in [6.07, 6.45) is 3.30. The first-order valence-corrected chi connectivity index (χ1v) is 11.3. The van der Waals surface area contributed by atoms with Gasteiger partial charge >= 0.3 is 0 Å². The van der Waals surface area contributed by atoms with Gasteiger partial charge in [-0.2, -0.15) is 4.98 Å². The highest BCUT2D eigenvalue weighted by Crippen LogP contribution is 2.38. The predicted octanol–water partition coefficient (Wildman–Crippen LogP) is 4.15. The summed E-state index contributed by atoms with van der Waals surface area (Å²) >= 11 is 6.54. The van der Waals surface area contributed by atoms with Gasteiger partial charge in [-0.25, -0.2) is 4.21 Å². The van der Waals surface area contributed by atoms with Crippen molar-refractivity contribution in [2.45, 2.75) is 19.8 Å². The van der Waals surface area contributed by atoms with Gasteiger partial charge in [0.1, 0.15) is 16.8 Å². The van der Waals surface area contributed by atoms with Crippen molar-refractivity contribution in [2.75, 3.05) is 31.9 Å². The number of carbonyl (C=O) groups excluding carboxylic acids is 1. The van der Waals surface area contributed by atoms with Gasteiger partial charge in [0.25, 0.3) is 5.91 Å². The molecule has 0 bridgehead atoms. The van der Waals surface area contributed by atoms with Gasteiger partial charge < -0.3 is 14.6 Å². The van der Waals surface area contributed by atoms with Crippen LogP contribution >= 0.6 is 11.6 Å². The number of aromatic nitrogens is 2. The Kier molecular flexibility index (Phi) is 6.99. The summed E-state index contributed by atoms with van der Waals surface area (Å²) in [6.45, 7) is 2.01. The molecule has 1 atom stereocenters. The first-order valence-electron chi connectivity index (χ1n) is 9.58. The monoisotopic (exact) mass is 448 g/mol. The van der Waals surface area contributed by atoms with E-state index < -0.39 is 16.9 Å². The Morgan fingerprint density at radius 1 is 1.30 bits per heavy atom. The zero-order valence-electron chi connectivity index (χ0n) is 17.4. The number of carbonyl (C=O) groups is 1. The van der Waals surface area contributed by atoms with Gasteiger partial charge in [-0.05, 0) is 30.7 Å². The number of nitrogens with one attached hydrogen (secondary N) is 2. The second-order valence-electron chi connectivity index (χ2n) is 7.04. The fourth-order valence-corrected chi connectivity index (χ4v) is 4.30. The fraction of sp³-hybridized carbons (Fsp3) is 0.333. The average Bonchev–Trinajstić information content (AvgIpc) is 3.13. The molecule has 30 heavy (non-hydrogen) atoms. The van der Waals surface area contributed by atoms with Crippen molar-refractivity contribution in [1.29, 1.82) is 0 Å². The Hall–Kier alpha value is -2.58. The van der Waals surface area contributed by atoms with Crippen LogP contribution in [0.15, 0.2) is 30.5 Å². The third kappa shape index (κ3) is 4.60. The highest BCUT2D eigenvalue weighted by molar-refractivity contribution is 7.83. The fourth-order valence-electron chi connectivity index (χ4n) is 3.06. The van der Waals surface area contributed by atoms with Crippen molar-refractivity contribution in [3.05, 3.63) is 41.0 Å². The lowest BCUT2D eigenvalue weighted by Gasteiger charge is -2.15. The molecule has 3 rings (SSSR count). The minimum absolute atomic E-state index is 0.392. The number of amides is 1. The first-order chi connectivity index (χ1) is 14.3. The van der Waals surface area contributed by atoms with Crippen molar-refractivity contribution < 1.29 is 13.7 Å². The van der Waals surface area contributed by atoms with E-state index in [4.69, 9.17) is 16.3 Å². The lowest BCUT2D eigenvalue weighted by molar-refractivity contribution is 0.0984. The number of aromatic amines is 1. The minimum Gasteiger partial charge on any atom is -0.480 e. The molecule has 7 nitrogen and oxygen atoms in total. The number of methoxy groups -OCH3 is 1. The second-order valence-corrected chi connectivity index (χ2v) is 8.75. The largest absolute Gasteiger partial charge is 0.480 e. The normalized spacial score (nSPS) is 12.0. The third-order valence-corrected chi connectivity index (χ3v) is 6.08. The number of anilines is 1. The first kappa shape index (κ1) is 22.1. The number of halogens is 1. The van der Waals surface area contributed by atoms with Gasteiger partial charge in [0.2, 0.25) is 5.88 Å². The van der Waals surface area contributed by atoms with E-state index in [0.29, 0.717) is 44.2 Å². The molecule has 0 aliphatic rings. The van der Waals surface area contributed by atoms with E-state index in [1.807, 2.05) is 44.1 Å². The maximum absolute atomic E-state index is 12.7. The van der Waals surface area contributed by atoms with Gasteiger partial charge in [0.05, 0.1) is 17.7 Å². The number of fused-ring (bicyclic) bond motifs is 1. The zero-order chi connectivity index (χ0) is 21.8. The van der Waals surface area contributed by atoms with Crippen LogP contribution in [0, 0.1) is 0 Å². The van der Waals surface area contributed by atoms with Crippen LogP contribution in [-0.4, -0.2) is 47.0 Å². The molecular formula is C21H25ClN4O3S. The molecule has 3 aromatic rings. The van der Waals surface area contributed by atoms with Crippen LogP contribution in [0.5, 0.6) is 5.88 Å². The van der Waals surface area contributed by atoms with E-state index in [9.17, 15) is 9.00 Å². The number of nitrogens with zero attached hydrogens (tertiary/aromatic N) is 2. The van der Waals surface area contributed by atoms with Crippen LogP contribution in [-0.2, 0) is 11.0 Å². The molecule has 0 saturated heterocycles. The lowest BCUT2D eigenvalue weighted by atomic mass is 10.0. The van der Waals surface area contributed by atoms with Crippen molar-refractivity contribution in [3.63, 3.8) is 0 Å². The Balaban J connectivity index is 2.02. The summed E-state index contributed by atoms with van der Waals surface area (Å²) in [5, 5.41) is 1.18. The number of rotatable bonds is 8. The number of H-pyrrole nitrogens is 1. The quantitative estimate of drug-likeness (QED) is 0.540. The number of hydrogen-bond donors (Lipinski definition) is 2. The molecule has 0 spiro atoms. The van der Waals surface area contributed by atoms with E-state index in [-0.39, 0.29) is 0 Å². The Bertz CT molecular complexity index is 1100. The van der Waals surface area contributed by atoms with Crippen molar-refractivity contribution in [2.24, 2.45) is 0 Å². The second kappa shape index (κ2) is 9.49. The minimum atomic E-state index is -1.41. The molecule has 0 aliphatic heterocycles. The van der Waals surface area contributed by atoms with Gasteiger partial charge in [0.15, 0.2) is 0 Å². The molecule has 160 valence electrons. The molecule has 0 radical (unpaired) electrons. The molecule has 1 unspecified atom stereocenters. The number of ether oxygens (including phenoxy) is 1. The summed E-state index contributed by atoms with van der Waals surface area (Å²) in [5.41, 5.74) is 2.53. The number of pyridine rings is 1. The van der Waals surface area contributed by atoms with Gasteiger partial charge in [-0.3, -0.25) is 9.52 Å². The van der Waals surface area contributed by atoms with Crippen LogP contribution in [0.25, 0.3) is 22.0 Å². The van der Waals surface area contributed by atoms with Crippen LogP contribution in [0.2, 0.25) is 5.02 Å². The molecule has 0 aliphatic carbocycles. The molecule has 0 saturated carbocycles. The molecule has 9 heteroatoms. The highest BCUT2D eigenvalue weighted by Gasteiger charge is 2.19. The molecule has 1 aromatic carbocycles. The average molecular weight is 449 g/mol. The summed E-state index contributed by atoms with van der Waals surface area (Å²) in [7, 11) is 3.94. The van der Waals surface area contributed by atoms with E-state index in [1.54, 1.807) is 19.4 Å². The SMILES string of the molecule is CCCCS(=O)NC(=O)c1c[nH]c2cc(Cl)c(-c3ccc(N(C)C)nc3OC)cc12. The number of benzene rings is 1. The zero-order valence-corrected chi connectivity index (χ0v) is 19.0. The molecule has 2 N–H and O–H groups in total. The van der Waals surface area contributed by atoms with Crippen LogP contribution in [0.1, 0.15) is 30.1 Å². The number of hydrogen-bond acceptors (Lipinski definition) is 5. The maximum atomic E-state index is 12.7. The van der Waals surface area contributed by atoms with E-state index in [0.717, 1.165) is 18.7 Å². The Labute approximate surface area is 183 Å². The highest BCUT2D eigenvalue weighted by atomic mass is 35.5. The summed E-state index contributed by atoms with van der Waals surface area (Å²) in [5.74, 6) is 1.23. The van der Waals surface area contributed by atoms with E-state index in [1.165, 1.54) is 0 Å². The molecule has 2 heterocycles. The number of unbranched alkanes of at least 4 members (excludes halogenated alkanes) is 1. The smallest absolute Gasteiger partial charge is 0.265 e.